The lowest BCUT2D eigenvalue weighted by atomic mass is 10.1. The van der Waals surface area contributed by atoms with Crippen LogP contribution in [0.4, 0.5) is 0 Å². The number of ether oxygens (including phenoxy) is 1. The summed E-state index contributed by atoms with van der Waals surface area (Å²) in [7, 11) is 1.33. The zero-order chi connectivity index (χ0) is 11.8. The van der Waals surface area contributed by atoms with Crippen LogP contribution < -0.4 is 0 Å². The molecule has 0 amide bonds. The molecule has 1 aromatic rings. The molecule has 0 heterocycles. The van der Waals surface area contributed by atoms with Crippen molar-refractivity contribution in [2.75, 3.05) is 13.7 Å². The van der Waals surface area contributed by atoms with E-state index < -0.39 is 0 Å². The molecule has 0 spiro atoms. The fourth-order valence-corrected chi connectivity index (χ4v) is 0.995. The first kappa shape index (κ1) is 11.8. The first-order valence-corrected chi connectivity index (χ1v) is 4.56. The number of rotatable bonds is 1. The largest absolute Gasteiger partial charge is 0.465 e. The minimum Gasteiger partial charge on any atom is -0.465 e. The topological polar surface area (TPSA) is 46.5 Å². The molecular weight excluding hydrogens is 204 g/mol. The van der Waals surface area contributed by atoms with Gasteiger partial charge >= 0.3 is 5.97 Å². The van der Waals surface area contributed by atoms with E-state index in [1.54, 1.807) is 24.3 Å². The summed E-state index contributed by atoms with van der Waals surface area (Å²) in [6.45, 7) is -0.198. The van der Waals surface area contributed by atoms with Gasteiger partial charge in [-0.05, 0) is 36.1 Å². The molecule has 0 atom stereocenters. The molecule has 0 unspecified atom stereocenters. The highest BCUT2D eigenvalue weighted by Crippen LogP contribution is 2.04. The Morgan fingerprint density at radius 2 is 2.00 bits per heavy atom. The summed E-state index contributed by atoms with van der Waals surface area (Å²) in [4.78, 5) is 11.1. The van der Waals surface area contributed by atoms with Crippen LogP contribution in [0.3, 0.4) is 0 Å². The zero-order valence-electron chi connectivity index (χ0n) is 8.78. The van der Waals surface area contributed by atoms with Crippen LogP contribution in [0.2, 0.25) is 0 Å². The molecule has 1 N–H and O–H groups in total. The highest BCUT2D eigenvalue weighted by Gasteiger charge is 2.02. The van der Waals surface area contributed by atoms with E-state index in [4.69, 9.17) is 5.11 Å². The number of methoxy groups -OCH3 is 1. The molecule has 16 heavy (non-hydrogen) atoms. The first-order valence-electron chi connectivity index (χ1n) is 4.56. The van der Waals surface area contributed by atoms with Gasteiger partial charge in [-0.1, -0.05) is 11.8 Å². The Balaban J connectivity index is 2.78. The molecule has 0 saturated carbocycles. The third kappa shape index (κ3) is 3.49. The van der Waals surface area contributed by atoms with Gasteiger partial charge in [0, 0.05) is 5.56 Å². The molecule has 0 aliphatic heterocycles. The fraction of sp³-hybridized carbons (Fsp3) is 0.154. The van der Waals surface area contributed by atoms with Gasteiger partial charge in [-0.25, -0.2) is 4.79 Å². The Bertz CT molecular complexity index is 478. The van der Waals surface area contributed by atoms with E-state index in [1.165, 1.54) is 7.11 Å². The van der Waals surface area contributed by atoms with Gasteiger partial charge in [0.25, 0.3) is 0 Å². The average Bonchev–Trinajstić information content (AvgIpc) is 2.34. The van der Waals surface area contributed by atoms with Crippen LogP contribution in [0.5, 0.6) is 0 Å². The third-order valence-electron chi connectivity index (χ3n) is 1.74. The summed E-state index contributed by atoms with van der Waals surface area (Å²) >= 11 is 0. The molecule has 0 aromatic heterocycles. The maximum atomic E-state index is 11.1. The normalized spacial score (nSPS) is 8.12. The molecule has 0 saturated heterocycles. The van der Waals surface area contributed by atoms with E-state index in [9.17, 15) is 4.79 Å². The summed E-state index contributed by atoms with van der Waals surface area (Å²) in [6, 6.07) is 6.68. The number of hydrogen-bond donors (Lipinski definition) is 1. The highest BCUT2D eigenvalue weighted by molar-refractivity contribution is 5.89. The predicted molar refractivity (Wildman–Crippen MR) is 59.5 cm³/mol. The number of aliphatic hydroxyl groups excluding tert-OH is 1. The molecule has 0 aliphatic rings. The summed E-state index contributed by atoms with van der Waals surface area (Å²) in [6.07, 6.45) is 0. The van der Waals surface area contributed by atoms with E-state index in [2.05, 4.69) is 28.4 Å². The van der Waals surface area contributed by atoms with Gasteiger partial charge in [-0.3, -0.25) is 0 Å². The molecule has 3 heteroatoms. The Morgan fingerprint density at radius 1 is 1.31 bits per heavy atom. The molecule has 0 fully saturated rings. The van der Waals surface area contributed by atoms with Gasteiger partial charge in [-0.15, -0.1) is 0 Å². The summed E-state index contributed by atoms with van der Waals surface area (Å²) < 4.78 is 4.56. The smallest absolute Gasteiger partial charge is 0.337 e. The Kier molecular flexibility index (Phi) is 4.66. The molecule has 1 rings (SSSR count). The number of aliphatic hydroxyl groups is 1. The Labute approximate surface area is 94.1 Å². The van der Waals surface area contributed by atoms with Crippen LogP contribution in [0.1, 0.15) is 15.9 Å². The zero-order valence-corrected chi connectivity index (χ0v) is 8.78. The second-order valence-corrected chi connectivity index (χ2v) is 2.78. The molecular formula is C13H10O3. The van der Waals surface area contributed by atoms with Crippen LogP contribution in [-0.2, 0) is 4.74 Å². The maximum absolute atomic E-state index is 11.1. The fourth-order valence-electron chi connectivity index (χ4n) is 0.995. The number of benzene rings is 1. The Morgan fingerprint density at radius 3 is 2.56 bits per heavy atom. The number of esters is 1. The quantitative estimate of drug-likeness (QED) is 0.556. The van der Waals surface area contributed by atoms with Gasteiger partial charge in [0.1, 0.15) is 6.61 Å². The van der Waals surface area contributed by atoms with Crippen LogP contribution in [-0.4, -0.2) is 24.8 Å². The van der Waals surface area contributed by atoms with E-state index in [0.29, 0.717) is 5.56 Å². The second-order valence-electron chi connectivity index (χ2n) is 2.78. The van der Waals surface area contributed by atoms with Crippen molar-refractivity contribution in [3.05, 3.63) is 35.4 Å². The molecule has 3 nitrogen and oxygen atoms in total. The van der Waals surface area contributed by atoms with Crippen molar-refractivity contribution in [2.45, 2.75) is 0 Å². The van der Waals surface area contributed by atoms with Crippen LogP contribution >= 0.6 is 0 Å². The van der Waals surface area contributed by atoms with Gasteiger partial charge in [0.15, 0.2) is 0 Å². The minimum atomic E-state index is -0.375. The van der Waals surface area contributed by atoms with Crippen molar-refractivity contribution in [3.8, 4) is 23.7 Å². The van der Waals surface area contributed by atoms with Crippen LogP contribution in [0, 0.1) is 23.7 Å². The van der Waals surface area contributed by atoms with Crippen LogP contribution in [0.25, 0.3) is 0 Å². The number of hydrogen-bond acceptors (Lipinski definition) is 3. The average molecular weight is 214 g/mol. The van der Waals surface area contributed by atoms with Gasteiger partial charge < -0.3 is 9.84 Å². The Hall–Kier alpha value is -2.23. The van der Waals surface area contributed by atoms with Gasteiger partial charge in [0.05, 0.1) is 12.7 Å². The van der Waals surface area contributed by atoms with E-state index in [1.807, 2.05) is 0 Å². The minimum absolute atomic E-state index is 0.198. The number of carbonyl (C=O) groups excluding carboxylic acids is 1. The molecule has 0 radical (unpaired) electrons. The first-order chi connectivity index (χ1) is 7.77. The monoisotopic (exact) mass is 214 g/mol. The van der Waals surface area contributed by atoms with E-state index in [-0.39, 0.29) is 12.6 Å². The molecule has 1 aromatic carbocycles. The second kappa shape index (κ2) is 6.29. The van der Waals surface area contributed by atoms with Crippen LogP contribution in [0.15, 0.2) is 24.3 Å². The predicted octanol–water partition coefficient (Wildman–Crippen LogP) is 0.820. The molecule has 80 valence electrons. The standard InChI is InChI=1S/C13H10O3/c1-16-13(15)12-8-6-11(7-9-12)5-3-2-4-10-14/h6-9,14H,10H2,1H3. The number of carbonyl (C=O) groups is 1. The molecule has 0 bridgehead atoms. The van der Waals surface area contributed by atoms with E-state index in [0.717, 1.165) is 5.56 Å². The van der Waals surface area contributed by atoms with Crippen molar-refractivity contribution in [1.82, 2.24) is 0 Å². The highest BCUT2D eigenvalue weighted by atomic mass is 16.5. The van der Waals surface area contributed by atoms with Gasteiger partial charge in [0.2, 0.25) is 0 Å². The lowest BCUT2D eigenvalue weighted by Crippen LogP contribution is -2.00. The van der Waals surface area contributed by atoms with Gasteiger partial charge in [-0.2, -0.15) is 0 Å². The SMILES string of the molecule is COC(=O)c1ccc(C#CC#CCO)cc1. The third-order valence-corrected chi connectivity index (χ3v) is 1.74. The maximum Gasteiger partial charge on any atom is 0.337 e. The summed E-state index contributed by atoms with van der Waals surface area (Å²) in [5.74, 6) is 9.87. The van der Waals surface area contributed by atoms with E-state index >= 15 is 0 Å². The van der Waals surface area contributed by atoms with Crippen molar-refractivity contribution in [1.29, 1.82) is 0 Å². The lowest BCUT2D eigenvalue weighted by Gasteiger charge is -1.97. The lowest BCUT2D eigenvalue weighted by molar-refractivity contribution is 0.0601. The van der Waals surface area contributed by atoms with Crippen molar-refractivity contribution >= 4 is 5.97 Å². The molecule has 0 aliphatic carbocycles. The van der Waals surface area contributed by atoms with Crippen molar-refractivity contribution < 1.29 is 14.6 Å². The summed E-state index contributed by atoms with van der Waals surface area (Å²) in [5, 5.41) is 8.40. The van der Waals surface area contributed by atoms with Crippen molar-refractivity contribution in [2.24, 2.45) is 0 Å². The van der Waals surface area contributed by atoms with Crippen molar-refractivity contribution in [3.63, 3.8) is 0 Å². The summed E-state index contributed by atoms with van der Waals surface area (Å²) in [5.41, 5.74) is 1.23.